The molecule has 2 atom stereocenters. The lowest BCUT2D eigenvalue weighted by Gasteiger charge is -2.28. The summed E-state index contributed by atoms with van der Waals surface area (Å²) in [7, 11) is 1.36. The van der Waals surface area contributed by atoms with Gasteiger partial charge in [0.25, 0.3) is 7.82 Å². The van der Waals surface area contributed by atoms with Crippen molar-refractivity contribution in [1.82, 2.24) is 0 Å². The van der Waals surface area contributed by atoms with Crippen LogP contribution in [0.4, 0.5) is 0 Å². The SMILES string of the molecule is CCCC/C=C\CCCCCCCC(=O)OC(COCCCCCCCCCCCCCCCCCCCCCC)COP(=O)([O-])OCC[N+](C)(C)C. The summed E-state index contributed by atoms with van der Waals surface area (Å²) in [4.78, 5) is 25.0. The van der Waals surface area contributed by atoms with Crippen molar-refractivity contribution in [3.05, 3.63) is 12.2 Å². The van der Waals surface area contributed by atoms with Crippen molar-refractivity contribution in [3.63, 3.8) is 0 Å². The van der Waals surface area contributed by atoms with E-state index in [1.54, 1.807) is 0 Å². The van der Waals surface area contributed by atoms with Crippen molar-refractivity contribution < 1.29 is 37.3 Å². The first-order chi connectivity index (χ1) is 25.6. The summed E-state index contributed by atoms with van der Waals surface area (Å²) in [5.41, 5.74) is 0. The number of allylic oxidation sites excluding steroid dienone is 2. The highest BCUT2D eigenvalue weighted by molar-refractivity contribution is 7.45. The molecule has 2 unspecified atom stereocenters. The molecule has 0 N–H and O–H groups in total. The van der Waals surface area contributed by atoms with Crippen LogP contribution in [0.1, 0.15) is 206 Å². The predicted octanol–water partition coefficient (Wildman–Crippen LogP) is 12.4. The topological polar surface area (TPSA) is 94.1 Å². The van der Waals surface area contributed by atoms with Crippen LogP contribution < -0.4 is 4.89 Å². The maximum Gasteiger partial charge on any atom is 0.306 e. The molecular formula is C44H88NO7P. The molecule has 0 radical (unpaired) electrons. The molecule has 0 saturated carbocycles. The zero-order valence-corrected chi connectivity index (χ0v) is 36.6. The van der Waals surface area contributed by atoms with Crippen LogP contribution in [0.15, 0.2) is 12.2 Å². The summed E-state index contributed by atoms with van der Waals surface area (Å²) in [6.07, 6.45) is 40.9. The van der Waals surface area contributed by atoms with E-state index >= 15 is 0 Å². The third kappa shape index (κ3) is 42.2. The van der Waals surface area contributed by atoms with Gasteiger partial charge < -0.3 is 27.9 Å². The fraction of sp³-hybridized carbons (Fsp3) is 0.932. The van der Waals surface area contributed by atoms with Gasteiger partial charge in [0.15, 0.2) is 0 Å². The Balaban J connectivity index is 4.11. The number of carbonyl (C=O) groups is 1. The molecule has 0 fully saturated rings. The number of unbranched alkanes of at least 4 members (excludes halogenated alkanes) is 26. The second-order valence-electron chi connectivity index (χ2n) is 16.4. The van der Waals surface area contributed by atoms with Gasteiger partial charge in [0.2, 0.25) is 0 Å². The first-order valence-corrected chi connectivity index (χ1v) is 23.9. The molecule has 8 nitrogen and oxygen atoms in total. The van der Waals surface area contributed by atoms with Crippen LogP contribution in [-0.4, -0.2) is 70.7 Å². The standard InChI is InChI=1S/C44H88NO7P/c1-6-8-10-12-14-16-18-19-20-21-22-23-24-25-26-28-30-32-34-36-39-49-41-43(42-51-53(47,48)50-40-38-45(3,4)5)52-44(46)37-35-33-31-29-27-17-15-13-11-9-7-2/h13,15,43H,6-12,14,16-42H2,1-5H3/b15-13-. The number of esters is 1. The molecule has 0 rings (SSSR count). The quantitative estimate of drug-likeness (QED) is 0.0200. The van der Waals surface area contributed by atoms with Crippen LogP contribution in [0, 0.1) is 0 Å². The zero-order chi connectivity index (χ0) is 39.1. The largest absolute Gasteiger partial charge is 0.756 e. The average Bonchev–Trinajstić information content (AvgIpc) is 3.11. The monoisotopic (exact) mass is 774 g/mol. The second kappa shape index (κ2) is 38.1. The normalized spacial score (nSPS) is 13.8. The molecule has 0 spiro atoms. The molecule has 0 saturated heterocycles. The van der Waals surface area contributed by atoms with Gasteiger partial charge in [0.05, 0.1) is 34.4 Å². The molecule has 0 aromatic rings. The third-order valence-corrected chi connectivity index (χ3v) is 10.8. The minimum Gasteiger partial charge on any atom is -0.756 e. The molecule has 0 aliphatic rings. The minimum atomic E-state index is -4.52. The van der Waals surface area contributed by atoms with Crippen molar-refractivity contribution >= 4 is 13.8 Å². The Kier molecular flexibility index (Phi) is 37.6. The molecule has 0 aliphatic heterocycles. The van der Waals surface area contributed by atoms with Crippen molar-refractivity contribution in [3.8, 4) is 0 Å². The van der Waals surface area contributed by atoms with Gasteiger partial charge in [-0.3, -0.25) is 9.36 Å². The highest BCUT2D eigenvalue weighted by Gasteiger charge is 2.20. The molecule has 53 heavy (non-hydrogen) atoms. The molecule has 9 heteroatoms. The maximum atomic E-state index is 12.6. The molecular weight excluding hydrogens is 685 g/mol. The third-order valence-electron chi connectivity index (χ3n) is 9.82. The van der Waals surface area contributed by atoms with E-state index in [0.29, 0.717) is 24.1 Å². The van der Waals surface area contributed by atoms with E-state index in [0.717, 1.165) is 44.9 Å². The first-order valence-electron chi connectivity index (χ1n) is 22.4. The number of carbonyl (C=O) groups excluding carboxylic acids is 1. The number of hydrogen-bond donors (Lipinski definition) is 0. The number of quaternary nitrogens is 1. The predicted molar refractivity (Wildman–Crippen MR) is 222 cm³/mol. The molecule has 0 aromatic heterocycles. The van der Waals surface area contributed by atoms with Gasteiger partial charge in [0, 0.05) is 13.0 Å². The van der Waals surface area contributed by atoms with Crippen molar-refractivity contribution in [2.75, 3.05) is 54.1 Å². The van der Waals surface area contributed by atoms with E-state index in [9.17, 15) is 14.3 Å². The van der Waals surface area contributed by atoms with Crippen LogP contribution in [0.5, 0.6) is 0 Å². The molecule has 0 bridgehead atoms. The van der Waals surface area contributed by atoms with Crippen molar-refractivity contribution in [1.29, 1.82) is 0 Å². The van der Waals surface area contributed by atoms with Crippen LogP contribution in [0.2, 0.25) is 0 Å². The van der Waals surface area contributed by atoms with E-state index in [4.69, 9.17) is 18.5 Å². The number of nitrogens with zero attached hydrogens (tertiary/aromatic N) is 1. The van der Waals surface area contributed by atoms with Crippen LogP contribution >= 0.6 is 7.82 Å². The Morgan fingerprint density at radius 1 is 0.566 bits per heavy atom. The molecule has 0 aromatic carbocycles. The number of ether oxygens (including phenoxy) is 2. The smallest absolute Gasteiger partial charge is 0.306 e. The Hall–Kier alpha value is -0.760. The number of rotatable bonds is 42. The molecule has 316 valence electrons. The maximum absolute atomic E-state index is 12.6. The van der Waals surface area contributed by atoms with E-state index in [1.165, 1.54) is 141 Å². The Bertz CT molecular complexity index is 863. The van der Waals surface area contributed by atoms with Crippen LogP contribution in [-0.2, 0) is 27.9 Å². The van der Waals surface area contributed by atoms with Gasteiger partial charge in [-0.2, -0.15) is 0 Å². The Morgan fingerprint density at radius 2 is 1.00 bits per heavy atom. The highest BCUT2D eigenvalue weighted by atomic mass is 31.2. The van der Waals surface area contributed by atoms with E-state index in [2.05, 4.69) is 26.0 Å². The first kappa shape index (κ1) is 52.2. The lowest BCUT2D eigenvalue weighted by atomic mass is 10.0. The van der Waals surface area contributed by atoms with Gasteiger partial charge >= 0.3 is 5.97 Å². The summed E-state index contributed by atoms with van der Waals surface area (Å²) in [5, 5.41) is 0. The highest BCUT2D eigenvalue weighted by Crippen LogP contribution is 2.38. The summed E-state index contributed by atoms with van der Waals surface area (Å²) < 4.78 is 34.6. The van der Waals surface area contributed by atoms with Gasteiger partial charge in [-0.15, -0.1) is 0 Å². The van der Waals surface area contributed by atoms with Gasteiger partial charge in [-0.05, 0) is 32.1 Å². The molecule has 0 amide bonds. The molecule has 0 aliphatic carbocycles. The minimum absolute atomic E-state index is 0.0276. The van der Waals surface area contributed by atoms with E-state index in [-0.39, 0.29) is 25.8 Å². The van der Waals surface area contributed by atoms with E-state index < -0.39 is 13.9 Å². The summed E-state index contributed by atoms with van der Waals surface area (Å²) >= 11 is 0. The number of phosphoric ester groups is 1. The lowest BCUT2D eigenvalue weighted by Crippen LogP contribution is -2.37. The van der Waals surface area contributed by atoms with Gasteiger partial charge in [-0.25, -0.2) is 0 Å². The number of likely N-dealkylation sites (N-methyl/N-ethyl adjacent to an activating group) is 1. The van der Waals surface area contributed by atoms with Crippen molar-refractivity contribution in [2.45, 2.75) is 213 Å². The fourth-order valence-corrected chi connectivity index (χ4v) is 7.02. The summed E-state index contributed by atoms with van der Waals surface area (Å²) in [6, 6.07) is 0. The Labute approximate surface area is 329 Å². The average molecular weight is 774 g/mol. The van der Waals surface area contributed by atoms with E-state index in [1.807, 2.05) is 21.1 Å². The van der Waals surface area contributed by atoms with Gasteiger partial charge in [0.1, 0.15) is 19.3 Å². The number of hydrogen-bond acceptors (Lipinski definition) is 7. The molecule has 0 heterocycles. The second-order valence-corrected chi connectivity index (χ2v) is 17.8. The van der Waals surface area contributed by atoms with Crippen molar-refractivity contribution in [2.24, 2.45) is 0 Å². The summed E-state index contributed by atoms with van der Waals surface area (Å²) in [6.45, 7) is 5.40. The number of phosphoric acid groups is 1. The van der Waals surface area contributed by atoms with Crippen LogP contribution in [0.3, 0.4) is 0 Å². The fourth-order valence-electron chi connectivity index (χ4n) is 6.29. The summed E-state index contributed by atoms with van der Waals surface area (Å²) in [5.74, 6) is -0.341. The zero-order valence-electron chi connectivity index (χ0n) is 35.7. The van der Waals surface area contributed by atoms with Gasteiger partial charge in [-0.1, -0.05) is 180 Å². The Morgan fingerprint density at radius 3 is 1.49 bits per heavy atom. The van der Waals surface area contributed by atoms with Crippen LogP contribution in [0.25, 0.3) is 0 Å². The lowest BCUT2D eigenvalue weighted by molar-refractivity contribution is -0.870.